The van der Waals surface area contributed by atoms with E-state index in [0.717, 1.165) is 48.4 Å². The zero-order chi connectivity index (χ0) is 17.0. The van der Waals surface area contributed by atoms with Gasteiger partial charge in [-0.3, -0.25) is 0 Å². The van der Waals surface area contributed by atoms with Crippen LogP contribution >= 0.6 is 11.8 Å². The Balaban J connectivity index is 2.46. The third-order valence-corrected chi connectivity index (χ3v) is 4.77. The van der Waals surface area contributed by atoms with E-state index in [9.17, 15) is 8.78 Å². The first-order chi connectivity index (χ1) is 11.0. The van der Waals surface area contributed by atoms with Crippen molar-refractivity contribution in [3.8, 4) is 0 Å². The van der Waals surface area contributed by atoms with Crippen LogP contribution in [0.1, 0.15) is 58.0 Å². The van der Waals surface area contributed by atoms with Crippen molar-refractivity contribution in [2.75, 3.05) is 0 Å². The molecule has 0 fully saturated rings. The second-order valence-corrected chi connectivity index (χ2v) is 7.00. The van der Waals surface area contributed by atoms with E-state index in [2.05, 4.69) is 32.3 Å². The normalized spacial score (nSPS) is 11.4. The summed E-state index contributed by atoms with van der Waals surface area (Å²) in [4.78, 5) is 5.35. The van der Waals surface area contributed by atoms with Crippen molar-refractivity contribution in [3.05, 3.63) is 41.4 Å². The Hall–Kier alpha value is -1.36. The van der Waals surface area contributed by atoms with E-state index in [1.807, 2.05) is 0 Å². The van der Waals surface area contributed by atoms with Gasteiger partial charge < -0.3 is 4.57 Å². The number of aromatic nitrogens is 2. The molecule has 0 saturated carbocycles. The van der Waals surface area contributed by atoms with Crippen molar-refractivity contribution >= 4 is 11.8 Å². The molecular weight excluding hydrogens is 314 g/mol. The summed E-state index contributed by atoms with van der Waals surface area (Å²) in [6, 6.07) is 3.65. The highest BCUT2D eigenvalue weighted by Crippen LogP contribution is 2.35. The van der Waals surface area contributed by atoms with Gasteiger partial charge in [-0.2, -0.15) is 0 Å². The van der Waals surface area contributed by atoms with Gasteiger partial charge in [0.05, 0.1) is 5.69 Å². The molecule has 1 heterocycles. The maximum Gasteiger partial charge on any atom is 0.127 e. The molecular formula is C18H24F2N2S. The Kier molecular flexibility index (Phi) is 6.22. The summed E-state index contributed by atoms with van der Waals surface area (Å²) in [5.74, 6) is 0.216. The molecule has 0 aliphatic rings. The van der Waals surface area contributed by atoms with E-state index < -0.39 is 11.6 Å². The molecule has 0 amide bonds. The van der Waals surface area contributed by atoms with Gasteiger partial charge in [0.15, 0.2) is 0 Å². The first-order valence-corrected chi connectivity index (χ1v) is 9.01. The van der Waals surface area contributed by atoms with Crippen LogP contribution in [0.25, 0.3) is 0 Å². The zero-order valence-electron chi connectivity index (χ0n) is 14.2. The van der Waals surface area contributed by atoms with Crippen molar-refractivity contribution in [3.63, 3.8) is 0 Å². The van der Waals surface area contributed by atoms with Crippen molar-refractivity contribution in [2.45, 2.75) is 69.3 Å². The number of unbranched alkanes of at least 4 members (excludes halogenated alkanes) is 1. The summed E-state index contributed by atoms with van der Waals surface area (Å²) in [5.41, 5.74) is 1.01. The van der Waals surface area contributed by atoms with E-state index in [1.54, 1.807) is 0 Å². The third kappa shape index (κ3) is 4.34. The van der Waals surface area contributed by atoms with Crippen LogP contribution in [-0.2, 0) is 13.0 Å². The van der Waals surface area contributed by atoms with Crippen LogP contribution in [0.15, 0.2) is 28.1 Å². The molecule has 2 aromatic rings. The summed E-state index contributed by atoms with van der Waals surface area (Å²) >= 11 is 1.40. The molecule has 0 N–H and O–H groups in total. The summed E-state index contributed by atoms with van der Waals surface area (Å²) in [6.45, 7) is 9.33. The molecule has 0 unspecified atom stereocenters. The molecule has 1 aromatic heterocycles. The highest BCUT2D eigenvalue weighted by atomic mass is 32.2. The molecule has 2 rings (SSSR count). The van der Waals surface area contributed by atoms with Crippen molar-refractivity contribution in [1.29, 1.82) is 0 Å². The van der Waals surface area contributed by atoms with Crippen LogP contribution in [0.4, 0.5) is 8.78 Å². The molecule has 126 valence electrons. The maximum absolute atomic E-state index is 13.5. The van der Waals surface area contributed by atoms with Gasteiger partial charge >= 0.3 is 0 Å². The molecule has 1 aromatic carbocycles. The van der Waals surface area contributed by atoms with Crippen LogP contribution in [0, 0.1) is 11.6 Å². The quantitative estimate of drug-likeness (QED) is 0.635. The lowest BCUT2D eigenvalue weighted by molar-refractivity contribution is 0.567. The van der Waals surface area contributed by atoms with Crippen molar-refractivity contribution < 1.29 is 8.78 Å². The molecule has 0 atom stereocenters. The van der Waals surface area contributed by atoms with E-state index in [1.165, 1.54) is 23.9 Å². The smallest absolute Gasteiger partial charge is 0.127 e. The van der Waals surface area contributed by atoms with E-state index in [-0.39, 0.29) is 5.92 Å². The number of rotatable bonds is 7. The average Bonchev–Trinajstić information content (AvgIpc) is 2.82. The summed E-state index contributed by atoms with van der Waals surface area (Å²) in [5, 5.41) is 1.01. The first-order valence-electron chi connectivity index (χ1n) is 8.19. The number of benzene rings is 1. The molecule has 2 nitrogen and oxygen atoms in total. The lowest BCUT2D eigenvalue weighted by atomic mass is 10.1. The van der Waals surface area contributed by atoms with Crippen LogP contribution in [0.2, 0.25) is 0 Å². The van der Waals surface area contributed by atoms with E-state index >= 15 is 0 Å². The topological polar surface area (TPSA) is 17.8 Å². The fraction of sp³-hybridized carbons (Fsp3) is 0.500. The lowest BCUT2D eigenvalue weighted by Gasteiger charge is -2.12. The fourth-order valence-electron chi connectivity index (χ4n) is 2.50. The number of nitrogens with zero attached hydrogens (tertiary/aromatic N) is 2. The molecule has 0 bridgehead atoms. The first kappa shape index (κ1) is 18.0. The number of aryl methyl sites for hydroxylation is 1. The van der Waals surface area contributed by atoms with Crippen LogP contribution < -0.4 is 0 Å². The second kappa shape index (κ2) is 7.95. The predicted molar refractivity (Wildman–Crippen MR) is 91.1 cm³/mol. The van der Waals surface area contributed by atoms with Gasteiger partial charge in [-0.05, 0) is 24.5 Å². The van der Waals surface area contributed by atoms with Crippen LogP contribution in [-0.4, -0.2) is 9.55 Å². The molecule has 23 heavy (non-hydrogen) atoms. The Labute approximate surface area is 141 Å². The molecule has 0 saturated heterocycles. The predicted octanol–water partition coefficient (Wildman–Crippen LogP) is 5.80. The largest absolute Gasteiger partial charge is 0.323 e. The van der Waals surface area contributed by atoms with Crippen molar-refractivity contribution in [2.24, 2.45) is 0 Å². The number of hydrogen-bond acceptors (Lipinski definition) is 2. The Morgan fingerprint density at radius 1 is 1.13 bits per heavy atom. The molecule has 0 spiro atoms. The highest BCUT2D eigenvalue weighted by Gasteiger charge is 2.19. The van der Waals surface area contributed by atoms with Gasteiger partial charge in [0.25, 0.3) is 0 Å². The summed E-state index contributed by atoms with van der Waals surface area (Å²) in [6.07, 6.45) is 3.00. The average molecular weight is 338 g/mol. The molecule has 0 aliphatic carbocycles. The number of imidazole rings is 1. The number of halogens is 2. The van der Waals surface area contributed by atoms with Gasteiger partial charge in [0, 0.05) is 23.9 Å². The van der Waals surface area contributed by atoms with Gasteiger partial charge in [-0.1, -0.05) is 45.9 Å². The van der Waals surface area contributed by atoms with E-state index in [0.29, 0.717) is 4.90 Å². The standard InChI is InChI=1S/C18H24F2N2S/c1-5-7-8-22-16(6-2)21-17(12(3)4)18(22)23-15-10-13(19)9-14(20)11-15/h9-12H,5-8H2,1-4H3. The van der Waals surface area contributed by atoms with Crippen LogP contribution in [0.5, 0.6) is 0 Å². The zero-order valence-corrected chi connectivity index (χ0v) is 15.0. The van der Waals surface area contributed by atoms with Crippen LogP contribution in [0.3, 0.4) is 0 Å². The number of hydrogen-bond donors (Lipinski definition) is 0. The minimum atomic E-state index is -0.547. The maximum atomic E-state index is 13.5. The van der Waals surface area contributed by atoms with Crippen molar-refractivity contribution in [1.82, 2.24) is 9.55 Å². The minimum absolute atomic E-state index is 0.268. The van der Waals surface area contributed by atoms with Gasteiger partial charge in [0.2, 0.25) is 0 Å². The lowest BCUT2D eigenvalue weighted by Crippen LogP contribution is -2.04. The Morgan fingerprint density at radius 2 is 1.78 bits per heavy atom. The monoisotopic (exact) mass is 338 g/mol. The highest BCUT2D eigenvalue weighted by molar-refractivity contribution is 7.99. The van der Waals surface area contributed by atoms with Gasteiger partial charge in [0.1, 0.15) is 22.5 Å². The SMILES string of the molecule is CCCCn1c(CC)nc(C(C)C)c1Sc1cc(F)cc(F)c1. The molecule has 5 heteroatoms. The fourth-order valence-corrected chi connectivity index (χ4v) is 3.76. The minimum Gasteiger partial charge on any atom is -0.323 e. The Morgan fingerprint density at radius 3 is 2.30 bits per heavy atom. The molecule has 0 aliphatic heterocycles. The summed E-state index contributed by atoms with van der Waals surface area (Å²) in [7, 11) is 0. The Bertz CT molecular complexity index is 645. The van der Waals surface area contributed by atoms with Gasteiger partial charge in [-0.15, -0.1) is 0 Å². The van der Waals surface area contributed by atoms with E-state index in [4.69, 9.17) is 4.98 Å². The third-order valence-electron chi connectivity index (χ3n) is 3.67. The molecule has 0 radical (unpaired) electrons. The second-order valence-electron chi connectivity index (χ2n) is 5.94. The van der Waals surface area contributed by atoms with Gasteiger partial charge in [-0.25, -0.2) is 13.8 Å². The summed E-state index contributed by atoms with van der Waals surface area (Å²) < 4.78 is 29.2.